The topological polar surface area (TPSA) is 64.6 Å². The van der Waals surface area contributed by atoms with E-state index < -0.39 is 24.4 Å². The molecule has 0 heterocycles. The molecular weight excluding hydrogens is 368 g/mol. The zero-order chi connectivity index (χ0) is 20.4. The summed E-state index contributed by atoms with van der Waals surface area (Å²) in [7, 11) is 0. The average Bonchev–Trinajstić information content (AvgIpc) is 2.69. The highest BCUT2D eigenvalue weighted by Gasteiger charge is 2.20. The third-order valence-electron chi connectivity index (χ3n) is 4.12. The van der Waals surface area contributed by atoms with Gasteiger partial charge in [0.2, 0.25) is 0 Å². The molecule has 0 fully saturated rings. The number of alkyl halides is 2. The van der Waals surface area contributed by atoms with Crippen molar-refractivity contribution in [2.45, 2.75) is 32.3 Å². The maximum Gasteiger partial charge on any atom is 0.387 e. The molecule has 0 saturated carbocycles. The van der Waals surface area contributed by atoms with Gasteiger partial charge in [-0.1, -0.05) is 49.4 Å². The number of benzene rings is 2. The van der Waals surface area contributed by atoms with Gasteiger partial charge in [0.05, 0.1) is 5.92 Å². The Labute approximate surface area is 162 Å². The largest absolute Gasteiger partial charge is 0.455 e. The van der Waals surface area contributed by atoms with Gasteiger partial charge < -0.3 is 14.8 Å². The molecule has 0 aliphatic rings. The Bertz CT molecular complexity index is 751. The van der Waals surface area contributed by atoms with Crippen LogP contribution < -0.4 is 10.1 Å². The van der Waals surface area contributed by atoms with E-state index in [2.05, 4.69) is 10.1 Å². The van der Waals surface area contributed by atoms with Crippen molar-refractivity contribution >= 4 is 11.9 Å². The van der Waals surface area contributed by atoms with E-state index in [-0.39, 0.29) is 12.4 Å². The summed E-state index contributed by atoms with van der Waals surface area (Å²) in [5, 5.41) is 2.66. The summed E-state index contributed by atoms with van der Waals surface area (Å²) < 4.78 is 33.6. The van der Waals surface area contributed by atoms with Crippen molar-refractivity contribution in [1.29, 1.82) is 0 Å². The summed E-state index contributed by atoms with van der Waals surface area (Å²) >= 11 is 0. The molecule has 0 saturated heterocycles. The average molecular weight is 391 g/mol. The third-order valence-corrected chi connectivity index (χ3v) is 4.12. The molecule has 1 unspecified atom stereocenters. The monoisotopic (exact) mass is 391 g/mol. The second-order valence-electron chi connectivity index (χ2n) is 6.10. The van der Waals surface area contributed by atoms with Gasteiger partial charge in [-0.05, 0) is 36.1 Å². The predicted octanol–water partition coefficient (Wildman–Crippen LogP) is 3.68. The number of carbonyl (C=O) groups excluding carboxylic acids is 2. The Balaban J connectivity index is 1.71. The molecule has 0 radical (unpaired) electrons. The van der Waals surface area contributed by atoms with E-state index in [4.69, 9.17) is 4.74 Å². The quantitative estimate of drug-likeness (QED) is 0.628. The molecule has 28 heavy (non-hydrogen) atoms. The summed E-state index contributed by atoms with van der Waals surface area (Å²) in [6.45, 7) is -0.983. The predicted molar refractivity (Wildman–Crippen MR) is 100 cm³/mol. The fourth-order valence-electron chi connectivity index (χ4n) is 2.70. The minimum Gasteiger partial charge on any atom is -0.455 e. The zero-order valence-corrected chi connectivity index (χ0v) is 15.6. The van der Waals surface area contributed by atoms with Crippen molar-refractivity contribution in [2.75, 3.05) is 13.2 Å². The SMILES string of the molecule is CCC(C(=O)OCC(=O)NCCc1ccc(OC(F)F)cc1)c1ccccc1. The first-order valence-electron chi connectivity index (χ1n) is 9.01. The minimum absolute atomic E-state index is 0.0820. The van der Waals surface area contributed by atoms with Crippen LogP contribution in [0.3, 0.4) is 0 Å². The minimum atomic E-state index is -2.86. The standard InChI is InChI=1S/C21H23F2NO4/c1-2-18(16-6-4-3-5-7-16)20(26)27-14-19(25)24-13-12-15-8-10-17(11-9-15)28-21(22)23/h3-11,18,21H,2,12-14H2,1H3,(H,24,25). The highest BCUT2D eigenvalue weighted by Crippen LogP contribution is 2.20. The first kappa shape index (κ1) is 21.3. The molecule has 5 nitrogen and oxygen atoms in total. The van der Waals surface area contributed by atoms with Crippen LogP contribution in [0.5, 0.6) is 5.75 Å². The molecule has 0 spiro atoms. The lowest BCUT2D eigenvalue weighted by molar-refractivity contribution is -0.150. The van der Waals surface area contributed by atoms with Crippen molar-refractivity contribution in [3.05, 3.63) is 65.7 Å². The van der Waals surface area contributed by atoms with Crippen LogP contribution in [0.15, 0.2) is 54.6 Å². The maximum absolute atomic E-state index is 12.2. The molecule has 0 aliphatic heterocycles. The van der Waals surface area contributed by atoms with Crippen LogP contribution in [-0.4, -0.2) is 31.6 Å². The van der Waals surface area contributed by atoms with Crippen molar-refractivity contribution in [1.82, 2.24) is 5.32 Å². The third kappa shape index (κ3) is 6.98. The summed E-state index contributed by atoms with van der Waals surface area (Å²) in [6.07, 6.45) is 1.09. The van der Waals surface area contributed by atoms with Crippen LogP contribution in [0.25, 0.3) is 0 Å². The van der Waals surface area contributed by atoms with Gasteiger partial charge in [-0.15, -0.1) is 0 Å². The van der Waals surface area contributed by atoms with Gasteiger partial charge in [0.25, 0.3) is 5.91 Å². The molecule has 2 rings (SSSR count). The highest BCUT2D eigenvalue weighted by molar-refractivity contribution is 5.83. The van der Waals surface area contributed by atoms with E-state index >= 15 is 0 Å². The first-order valence-corrected chi connectivity index (χ1v) is 9.01. The van der Waals surface area contributed by atoms with Crippen molar-refractivity contribution in [3.8, 4) is 5.75 Å². The van der Waals surface area contributed by atoms with Gasteiger partial charge >= 0.3 is 12.6 Å². The van der Waals surface area contributed by atoms with Gasteiger partial charge in [-0.2, -0.15) is 8.78 Å². The zero-order valence-electron chi connectivity index (χ0n) is 15.6. The fourth-order valence-corrected chi connectivity index (χ4v) is 2.70. The molecule has 150 valence electrons. The molecule has 1 amide bonds. The summed E-state index contributed by atoms with van der Waals surface area (Å²) in [4.78, 5) is 24.1. The normalized spacial score (nSPS) is 11.7. The number of halogens is 2. The lowest BCUT2D eigenvalue weighted by Gasteiger charge is -2.14. The van der Waals surface area contributed by atoms with E-state index in [1.54, 1.807) is 12.1 Å². The van der Waals surface area contributed by atoms with E-state index in [9.17, 15) is 18.4 Å². The van der Waals surface area contributed by atoms with Gasteiger partial charge in [0, 0.05) is 6.54 Å². The first-order chi connectivity index (χ1) is 13.5. The van der Waals surface area contributed by atoms with E-state index in [1.165, 1.54) is 12.1 Å². The molecule has 1 N–H and O–H groups in total. The van der Waals surface area contributed by atoms with Gasteiger partial charge in [-0.25, -0.2) is 0 Å². The van der Waals surface area contributed by atoms with Crippen LogP contribution in [-0.2, 0) is 20.7 Å². The van der Waals surface area contributed by atoms with E-state index in [0.29, 0.717) is 19.4 Å². The number of carbonyl (C=O) groups is 2. The van der Waals surface area contributed by atoms with Crippen LogP contribution in [0, 0.1) is 0 Å². The second kappa shape index (κ2) is 11.0. The molecule has 0 aromatic heterocycles. The number of ether oxygens (including phenoxy) is 2. The lowest BCUT2D eigenvalue weighted by atomic mass is 9.97. The molecule has 0 aliphatic carbocycles. The number of hydrogen-bond donors (Lipinski definition) is 1. The Kier molecular flexibility index (Phi) is 8.39. The number of hydrogen-bond acceptors (Lipinski definition) is 4. The maximum atomic E-state index is 12.2. The highest BCUT2D eigenvalue weighted by atomic mass is 19.3. The van der Waals surface area contributed by atoms with Crippen molar-refractivity contribution in [2.24, 2.45) is 0 Å². The van der Waals surface area contributed by atoms with Gasteiger partial charge in [-0.3, -0.25) is 9.59 Å². The molecule has 2 aromatic carbocycles. The lowest BCUT2D eigenvalue weighted by Crippen LogP contribution is -2.31. The summed E-state index contributed by atoms with van der Waals surface area (Å²) in [6, 6.07) is 15.5. The van der Waals surface area contributed by atoms with Crippen molar-refractivity contribution in [3.63, 3.8) is 0 Å². The van der Waals surface area contributed by atoms with Crippen LogP contribution in [0.4, 0.5) is 8.78 Å². The Morgan fingerprint density at radius 3 is 2.32 bits per heavy atom. The van der Waals surface area contributed by atoms with E-state index in [1.807, 2.05) is 37.3 Å². The molecular formula is C21H23F2NO4. The number of esters is 1. The Hall–Kier alpha value is -2.96. The van der Waals surface area contributed by atoms with Gasteiger partial charge in [0.15, 0.2) is 6.61 Å². The van der Waals surface area contributed by atoms with Gasteiger partial charge in [0.1, 0.15) is 5.75 Å². The molecule has 2 aromatic rings. The van der Waals surface area contributed by atoms with Crippen molar-refractivity contribution < 1.29 is 27.8 Å². The van der Waals surface area contributed by atoms with E-state index in [0.717, 1.165) is 11.1 Å². The number of amides is 1. The molecule has 1 atom stereocenters. The smallest absolute Gasteiger partial charge is 0.387 e. The second-order valence-corrected chi connectivity index (χ2v) is 6.10. The Morgan fingerprint density at radius 1 is 1.04 bits per heavy atom. The molecule has 0 bridgehead atoms. The number of rotatable bonds is 10. The Morgan fingerprint density at radius 2 is 1.71 bits per heavy atom. The molecule has 7 heteroatoms. The summed E-state index contributed by atoms with van der Waals surface area (Å²) in [5.41, 5.74) is 1.71. The summed E-state index contributed by atoms with van der Waals surface area (Å²) in [5.74, 6) is -1.14. The van der Waals surface area contributed by atoms with Crippen LogP contribution in [0.2, 0.25) is 0 Å². The van der Waals surface area contributed by atoms with Crippen LogP contribution >= 0.6 is 0 Å². The fraction of sp³-hybridized carbons (Fsp3) is 0.333. The van der Waals surface area contributed by atoms with Crippen LogP contribution in [0.1, 0.15) is 30.4 Å². The number of nitrogens with one attached hydrogen (secondary N) is 1.